The number of imidazole rings is 1. The Morgan fingerprint density at radius 2 is 2.00 bits per heavy atom. The van der Waals surface area contributed by atoms with Crippen molar-refractivity contribution in [3.8, 4) is 0 Å². The molecule has 1 heterocycles. The Kier molecular flexibility index (Phi) is 3.09. The lowest BCUT2D eigenvalue weighted by Crippen LogP contribution is -2.22. The SMILES string of the molecule is Cc1nc2cc(N)ccc2n1CC(C)C(C)(C)C. The normalized spacial score (nSPS) is 14.1. The Balaban J connectivity index is 2.42. The molecule has 0 aliphatic rings. The lowest BCUT2D eigenvalue weighted by atomic mass is 9.82. The van der Waals surface area contributed by atoms with E-state index in [0.29, 0.717) is 11.3 Å². The average Bonchev–Trinajstić information content (AvgIpc) is 2.53. The van der Waals surface area contributed by atoms with Gasteiger partial charge in [0.1, 0.15) is 5.82 Å². The van der Waals surface area contributed by atoms with Gasteiger partial charge in [0.25, 0.3) is 0 Å². The van der Waals surface area contributed by atoms with Crippen molar-refractivity contribution in [3.63, 3.8) is 0 Å². The first-order valence-corrected chi connectivity index (χ1v) is 6.51. The minimum atomic E-state index is 0.302. The maximum Gasteiger partial charge on any atom is 0.106 e. The Morgan fingerprint density at radius 3 is 2.61 bits per heavy atom. The molecule has 18 heavy (non-hydrogen) atoms. The highest BCUT2D eigenvalue weighted by molar-refractivity contribution is 5.79. The predicted molar refractivity (Wildman–Crippen MR) is 77.5 cm³/mol. The van der Waals surface area contributed by atoms with Crippen molar-refractivity contribution in [2.24, 2.45) is 11.3 Å². The van der Waals surface area contributed by atoms with Gasteiger partial charge in [-0.2, -0.15) is 0 Å². The van der Waals surface area contributed by atoms with Crippen LogP contribution in [0.25, 0.3) is 11.0 Å². The van der Waals surface area contributed by atoms with Gasteiger partial charge in [0, 0.05) is 12.2 Å². The highest BCUT2D eigenvalue weighted by Gasteiger charge is 2.21. The third-order valence-electron chi connectivity index (χ3n) is 3.90. The summed E-state index contributed by atoms with van der Waals surface area (Å²) in [6.45, 7) is 12.2. The summed E-state index contributed by atoms with van der Waals surface area (Å²) in [6, 6.07) is 5.96. The summed E-state index contributed by atoms with van der Waals surface area (Å²) >= 11 is 0. The minimum absolute atomic E-state index is 0.302. The first kappa shape index (κ1) is 12.9. The van der Waals surface area contributed by atoms with Crippen molar-refractivity contribution in [3.05, 3.63) is 24.0 Å². The first-order chi connectivity index (χ1) is 8.29. The number of aryl methyl sites for hydroxylation is 1. The largest absolute Gasteiger partial charge is 0.399 e. The lowest BCUT2D eigenvalue weighted by Gasteiger charge is -2.28. The van der Waals surface area contributed by atoms with Gasteiger partial charge in [-0.1, -0.05) is 27.7 Å². The van der Waals surface area contributed by atoms with Gasteiger partial charge in [-0.05, 0) is 36.5 Å². The van der Waals surface area contributed by atoms with Crippen LogP contribution in [0.2, 0.25) is 0 Å². The maximum atomic E-state index is 5.80. The molecule has 0 radical (unpaired) electrons. The molecule has 3 nitrogen and oxygen atoms in total. The topological polar surface area (TPSA) is 43.8 Å². The molecular formula is C15H23N3. The molecule has 1 unspecified atom stereocenters. The van der Waals surface area contributed by atoms with Crippen molar-refractivity contribution < 1.29 is 0 Å². The van der Waals surface area contributed by atoms with Crippen LogP contribution >= 0.6 is 0 Å². The highest BCUT2D eigenvalue weighted by Crippen LogP contribution is 2.29. The molecule has 0 amide bonds. The monoisotopic (exact) mass is 245 g/mol. The second-order valence-electron chi connectivity index (χ2n) is 6.28. The number of hydrogen-bond donors (Lipinski definition) is 1. The van der Waals surface area contributed by atoms with Gasteiger partial charge in [0.2, 0.25) is 0 Å². The molecule has 0 saturated heterocycles. The van der Waals surface area contributed by atoms with Crippen LogP contribution in [-0.2, 0) is 6.54 Å². The second-order valence-corrected chi connectivity index (χ2v) is 6.28. The molecule has 1 aromatic carbocycles. The molecule has 0 spiro atoms. The molecule has 3 heteroatoms. The van der Waals surface area contributed by atoms with E-state index in [4.69, 9.17) is 5.73 Å². The van der Waals surface area contributed by atoms with Gasteiger partial charge in [0.05, 0.1) is 11.0 Å². The fourth-order valence-corrected chi connectivity index (χ4v) is 2.05. The first-order valence-electron chi connectivity index (χ1n) is 6.51. The van der Waals surface area contributed by atoms with Crippen LogP contribution in [0.1, 0.15) is 33.5 Å². The second kappa shape index (κ2) is 4.30. The minimum Gasteiger partial charge on any atom is -0.399 e. The molecule has 98 valence electrons. The maximum absolute atomic E-state index is 5.80. The van der Waals surface area contributed by atoms with E-state index in [0.717, 1.165) is 23.6 Å². The summed E-state index contributed by atoms with van der Waals surface area (Å²) in [6.07, 6.45) is 0. The Bertz CT molecular complexity index is 561. The number of rotatable bonds is 2. The van der Waals surface area contributed by atoms with E-state index in [-0.39, 0.29) is 0 Å². The van der Waals surface area contributed by atoms with Crippen molar-refractivity contribution in [1.82, 2.24) is 9.55 Å². The van der Waals surface area contributed by atoms with Gasteiger partial charge in [-0.3, -0.25) is 0 Å². The molecular weight excluding hydrogens is 222 g/mol. The number of fused-ring (bicyclic) bond motifs is 1. The number of nitrogens with two attached hydrogens (primary N) is 1. The summed E-state index contributed by atoms with van der Waals surface area (Å²) < 4.78 is 2.30. The van der Waals surface area contributed by atoms with E-state index >= 15 is 0 Å². The predicted octanol–water partition coefficient (Wildman–Crippen LogP) is 3.61. The number of nitrogen functional groups attached to an aromatic ring is 1. The van der Waals surface area contributed by atoms with E-state index < -0.39 is 0 Å². The highest BCUT2D eigenvalue weighted by atomic mass is 15.1. The summed E-state index contributed by atoms with van der Waals surface area (Å²) in [4.78, 5) is 4.59. The van der Waals surface area contributed by atoms with Gasteiger partial charge in [-0.25, -0.2) is 4.98 Å². The van der Waals surface area contributed by atoms with Crippen LogP contribution in [-0.4, -0.2) is 9.55 Å². The molecule has 0 bridgehead atoms. The summed E-state index contributed by atoms with van der Waals surface area (Å²) in [5.74, 6) is 1.65. The smallest absolute Gasteiger partial charge is 0.106 e. The molecule has 1 atom stereocenters. The van der Waals surface area contributed by atoms with E-state index in [1.54, 1.807) is 0 Å². The molecule has 2 N–H and O–H groups in total. The third kappa shape index (κ3) is 2.35. The average molecular weight is 245 g/mol. The Hall–Kier alpha value is -1.51. The van der Waals surface area contributed by atoms with Gasteiger partial charge >= 0.3 is 0 Å². The van der Waals surface area contributed by atoms with Crippen molar-refractivity contribution in [1.29, 1.82) is 0 Å². The molecule has 0 saturated carbocycles. The van der Waals surface area contributed by atoms with Crippen LogP contribution in [0.3, 0.4) is 0 Å². The molecule has 2 rings (SSSR count). The number of anilines is 1. The van der Waals surface area contributed by atoms with Crippen molar-refractivity contribution in [2.75, 3.05) is 5.73 Å². The fourth-order valence-electron chi connectivity index (χ4n) is 2.05. The fraction of sp³-hybridized carbons (Fsp3) is 0.533. The van der Waals surface area contributed by atoms with Crippen LogP contribution in [0, 0.1) is 18.3 Å². The number of benzene rings is 1. The van der Waals surface area contributed by atoms with Crippen LogP contribution in [0.4, 0.5) is 5.69 Å². The van der Waals surface area contributed by atoms with Gasteiger partial charge < -0.3 is 10.3 Å². The quantitative estimate of drug-likeness (QED) is 0.821. The molecule has 2 aromatic rings. The molecule has 0 aliphatic heterocycles. The van der Waals surface area contributed by atoms with E-state index in [1.807, 2.05) is 12.1 Å². The number of aromatic nitrogens is 2. The molecule has 1 aromatic heterocycles. The third-order valence-corrected chi connectivity index (χ3v) is 3.90. The van der Waals surface area contributed by atoms with Crippen molar-refractivity contribution >= 4 is 16.7 Å². The van der Waals surface area contributed by atoms with Crippen molar-refractivity contribution in [2.45, 2.75) is 41.2 Å². The lowest BCUT2D eigenvalue weighted by molar-refractivity contribution is 0.233. The standard InChI is InChI=1S/C15H23N3/c1-10(15(3,4)5)9-18-11(2)17-13-8-12(16)6-7-14(13)18/h6-8,10H,9,16H2,1-5H3. The summed E-state index contributed by atoms with van der Waals surface area (Å²) in [5.41, 5.74) is 9.05. The van der Waals surface area contributed by atoms with Gasteiger partial charge in [-0.15, -0.1) is 0 Å². The van der Waals surface area contributed by atoms with E-state index in [9.17, 15) is 0 Å². The summed E-state index contributed by atoms with van der Waals surface area (Å²) in [7, 11) is 0. The Morgan fingerprint density at radius 1 is 1.33 bits per heavy atom. The van der Waals surface area contributed by atoms with Crippen LogP contribution in [0.5, 0.6) is 0 Å². The number of nitrogens with zero attached hydrogens (tertiary/aromatic N) is 2. The summed E-state index contributed by atoms with van der Waals surface area (Å²) in [5, 5.41) is 0. The van der Waals surface area contributed by atoms with Crippen LogP contribution < -0.4 is 5.73 Å². The zero-order valence-electron chi connectivity index (χ0n) is 12.0. The zero-order valence-corrected chi connectivity index (χ0v) is 12.0. The van der Waals surface area contributed by atoms with E-state index in [2.05, 4.69) is 50.2 Å². The van der Waals surface area contributed by atoms with Gasteiger partial charge in [0.15, 0.2) is 0 Å². The van der Waals surface area contributed by atoms with Crippen LogP contribution in [0.15, 0.2) is 18.2 Å². The zero-order chi connectivity index (χ0) is 13.5. The van der Waals surface area contributed by atoms with E-state index in [1.165, 1.54) is 5.52 Å². The number of hydrogen-bond acceptors (Lipinski definition) is 2. The molecule has 0 fully saturated rings. The Labute approximate surface area is 109 Å². The molecule has 0 aliphatic carbocycles.